The summed E-state index contributed by atoms with van der Waals surface area (Å²) in [4.78, 5) is 18.3. The van der Waals surface area contributed by atoms with Crippen molar-refractivity contribution in [2.75, 3.05) is 51.6 Å². The quantitative estimate of drug-likeness (QED) is 0.160. The molecular weight excluding hydrogens is 446 g/mol. The first kappa shape index (κ1) is 40.7. The normalized spacial score (nSPS) is 12.3. The van der Waals surface area contributed by atoms with Gasteiger partial charge in [-0.05, 0) is 77.4 Å². The molecule has 1 saturated heterocycles. The van der Waals surface area contributed by atoms with Gasteiger partial charge in [-0.1, -0.05) is 72.4 Å². The molecule has 1 amide bonds. The summed E-state index contributed by atoms with van der Waals surface area (Å²) in [6.45, 7) is 30.8. The molecule has 2 N–H and O–H groups in total. The van der Waals surface area contributed by atoms with Crippen LogP contribution in [-0.2, 0) is 4.79 Å². The monoisotopic (exact) mass is 505 g/mol. The summed E-state index contributed by atoms with van der Waals surface area (Å²) in [5.41, 5.74) is 0.826. The Balaban J connectivity index is -0.000000190. The lowest BCUT2D eigenvalue weighted by Crippen LogP contribution is -2.36. The fourth-order valence-corrected chi connectivity index (χ4v) is 2.81. The molecule has 1 fully saturated rings. The maximum atomic E-state index is 9.86. The van der Waals surface area contributed by atoms with Gasteiger partial charge >= 0.3 is 0 Å². The molecule has 0 saturated carbocycles. The highest BCUT2D eigenvalue weighted by atomic mass is 16.1. The first-order valence-corrected chi connectivity index (χ1v) is 13.6. The summed E-state index contributed by atoms with van der Waals surface area (Å²) in [5, 5.41) is 5.61. The van der Waals surface area contributed by atoms with Crippen molar-refractivity contribution >= 4 is 18.3 Å². The summed E-state index contributed by atoms with van der Waals surface area (Å²) in [6.07, 6.45) is 8.96. The van der Waals surface area contributed by atoms with Crippen LogP contribution >= 0.6 is 0 Å². The number of aliphatic imine (C=N–C) groups is 1. The molecule has 36 heavy (non-hydrogen) atoms. The molecule has 1 atom stereocenters. The molecule has 1 aromatic rings. The Hall–Kier alpha value is -2.44. The molecule has 6 heteroatoms. The van der Waals surface area contributed by atoms with Crippen LogP contribution in [0, 0.1) is 0 Å². The molecule has 6 nitrogen and oxygen atoms in total. The third kappa shape index (κ3) is 29.6. The lowest BCUT2D eigenvalue weighted by Gasteiger charge is -2.24. The number of nitrogens with zero attached hydrogens (tertiary/aromatic N) is 3. The molecule has 1 aromatic carbocycles. The number of para-hydroxylation sites is 1. The van der Waals surface area contributed by atoms with Crippen LogP contribution in [0.25, 0.3) is 0 Å². The smallest absolute Gasteiger partial charge is 0.211 e. The molecule has 1 aliphatic rings. The van der Waals surface area contributed by atoms with Gasteiger partial charge in [0, 0.05) is 31.9 Å². The number of hydrogen-bond acceptors (Lipinski definition) is 5. The van der Waals surface area contributed by atoms with Gasteiger partial charge in [-0.15, -0.1) is 6.58 Å². The number of benzene rings is 1. The Kier molecular flexibility index (Phi) is 42.0. The van der Waals surface area contributed by atoms with Crippen molar-refractivity contribution in [1.29, 1.82) is 0 Å². The van der Waals surface area contributed by atoms with Crippen LogP contribution in [0.1, 0.15) is 68.2 Å². The van der Waals surface area contributed by atoms with E-state index in [1.165, 1.54) is 32.5 Å². The minimum Gasteiger partial charge on any atom is -0.390 e. The van der Waals surface area contributed by atoms with Crippen molar-refractivity contribution in [1.82, 2.24) is 15.1 Å². The van der Waals surface area contributed by atoms with E-state index in [-0.39, 0.29) is 0 Å². The van der Waals surface area contributed by atoms with Gasteiger partial charge < -0.3 is 20.5 Å². The number of carbonyl (C=O) groups is 1. The number of nitrogens with one attached hydrogen (secondary N) is 2. The summed E-state index contributed by atoms with van der Waals surface area (Å²) < 4.78 is 0. The Morgan fingerprint density at radius 2 is 1.61 bits per heavy atom. The molecular formula is C30H59N5O. The highest BCUT2D eigenvalue weighted by molar-refractivity contribution is 5.70. The molecule has 1 aliphatic heterocycles. The zero-order valence-corrected chi connectivity index (χ0v) is 25.1. The topological polar surface area (TPSA) is 60.0 Å². The minimum atomic E-state index is 0.460. The Labute approximate surface area is 225 Å². The van der Waals surface area contributed by atoms with Crippen molar-refractivity contribution < 1.29 is 4.79 Å². The van der Waals surface area contributed by atoms with Gasteiger partial charge in [0.15, 0.2) is 0 Å². The summed E-state index contributed by atoms with van der Waals surface area (Å²) in [5.74, 6) is 0. The Bertz CT molecular complexity index is 568. The molecule has 0 radical (unpaired) electrons. The summed E-state index contributed by atoms with van der Waals surface area (Å²) in [7, 11) is 1.75. The maximum Gasteiger partial charge on any atom is 0.211 e. The van der Waals surface area contributed by atoms with Crippen LogP contribution in [0.4, 0.5) is 5.69 Å². The predicted molar refractivity (Wildman–Crippen MR) is 165 cm³/mol. The van der Waals surface area contributed by atoms with Gasteiger partial charge in [0.2, 0.25) is 6.41 Å². The van der Waals surface area contributed by atoms with E-state index in [1.54, 1.807) is 19.5 Å². The van der Waals surface area contributed by atoms with Crippen molar-refractivity contribution in [2.24, 2.45) is 4.99 Å². The van der Waals surface area contributed by atoms with E-state index >= 15 is 0 Å². The number of likely N-dealkylation sites (N-methyl/N-ethyl adjacent to an activating group) is 1. The largest absolute Gasteiger partial charge is 0.390 e. The minimum absolute atomic E-state index is 0.460. The van der Waals surface area contributed by atoms with E-state index < -0.39 is 0 Å². The SMILES string of the molecule is C=CNCCN(CC)C(C)C=C.CC.CC.CC=NC.CCN1CCCC1.O=CNc1ccccc1. The van der Waals surface area contributed by atoms with Crippen LogP contribution in [-0.4, -0.2) is 74.8 Å². The molecule has 0 bridgehead atoms. The number of carbonyl (C=O) groups excluding carboxylic acids is 1. The lowest BCUT2D eigenvalue weighted by atomic mass is 10.3. The molecule has 0 spiro atoms. The number of rotatable bonds is 10. The lowest BCUT2D eigenvalue weighted by molar-refractivity contribution is -0.105. The van der Waals surface area contributed by atoms with Crippen molar-refractivity contribution in [3.05, 3.63) is 55.8 Å². The average molecular weight is 506 g/mol. The van der Waals surface area contributed by atoms with Crippen molar-refractivity contribution in [3.63, 3.8) is 0 Å². The molecule has 1 heterocycles. The van der Waals surface area contributed by atoms with E-state index in [0.717, 1.165) is 25.3 Å². The second-order valence-electron chi connectivity index (χ2n) is 7.05. The van der Waals surface area contributed by atoms with E-state index in [1.807, 2.05) is 71.0 Å². The highest BCUT2D eigenvalue weighted by Gasteiger charge is 2.07. The molecule has 0 aromatic heterocycles. The van der Waals surface area contributed by atoms with Gasteiger partial charge in [0.05, 0.1) is 0 Å². The van der Waals surface area contributed by atoms with Gasteiger partial charge in [-0.25, -0.2) is 0 Å². The Morgan fingerprint density at radius 3 is 1.94 bits per heavy atom. The first-order chi connectivity index (χ1) is 17.5. The molecule has 0 aliphatic carbocycles. The fraction of sp³-hybridized carbons (Fsp3) is 0.600. The van der Waals surface area contributed by atoms with Crippen molar-refractivity contribution in [2.45, 2.75) is 74.3 Å². The number of hydrogen-bond donors (Lipinski definition) is 2. The van der Waals surface area contributed by atoms with Crippen LogP contribution in [0.2, 0.25) is 0 Å². The van der Waals surface area contributed by atoms with Crippen LogP contribution in [0.3, 0.4) is 0 Å². The van der Waals surface area contributed by atoms with Gasteiger partial charge in [0.1, 0.15) is 0 Å². The first-order valence-electron chi connectivity index (χ1n) is 13.6. The second-order valence-corrected chi connectivity index (χ2v) is 7.05. The van der Waals surface area contributed by atoms with E-state index in [4.69, 9.17) is 0 Å². The molecule has 1 unspecified atom stereocenters. The molecule has 210 valence electrons. The standard InChI is InChI=1S/C10H20N2.C7H7NO.C6H13N.C3H7N.2C2H6/c1-5-10(4)12(7-3)9-8-11-6-2;9-6-8-7-4-2-1-3-5-7;1-2-7-5-3-4-6-7;1-3-4-2;2*1-2/h5-6,10-11H,1-2,7-9H2,3-4H3;1-6H,(H,8,9);2-6H2,1H3;3H,1-2H3;2*1-2H3. The summed E-state index contributed by atoms with van der Waals surface area (Å²) >= 11 is 0. The molecule has 2 rings (SSSR count). The fourth-order valence-electron chi connectivity index (χ4n) is 2.81. The highest BCUT2D eigenvalue weighted by Crippen LogP contribution is 2.05. The Morgan fingerprint density at radius 1 is 1.08 bits per heavy atom. The predicted octanol–water partition coefficient (Wildman–Crippen LogP) is 6.73. The zero-order chi connectivity index (χ0) is 28.5. The van der Waals surface area contributed by atoms with E-state index in [9.17, 15) is 4.79 Å². The van der Waals surface area contributed by atoms with Crippen LogP contribution in [0.15, 0.2) is 60.8 Å². The van der Waals surface area contributed by atoms with Crippen LogP contribution in [0.5, 0.6) is 0 Å². The van der Waals surface area contributed by atoms with E-state index in [2.05, 4.69) is 59.4 Å². The maximum absolute atomic E-state index is 9.86. The third-order valence-electron chi connectivity index (χ3n) is 4.91. The third-order valence-corrected chi connectivity index (χ3v) is 4.91. The average Bonchev–Trinajstić information content (AvgIpc) is 3.49. The van der Waals surface area contributed by atoms with Gasteiger partial charge in [-0.3, -0.25) is 9.69 Å². The van der Waals surface area contributed by atoms with Gasteiger partial charge in [0.25, 0.3) is 0 Å². The van der Waals surface area contributed by atoms with E-state index in [0.29, 0.717) is 12.5 Å². The van der Waals surface area contributed by atoms with Crippen molar-refractivity contribution in [3.8, 4) is 0 Å². The summed E-state index contributed by atoms with van der Waals surface area (Å²) in [6, 6.07) is 9.75. The zero-order valence-electron chi connectivity index (χ0n) is 25.1. The van der Waals surface area contributed by atoms with Gasteiger partial charge in [-0.2, -0.15) is 0 Å². The second kappa shape index (κ2) is 37.1. The number of anilines is 1. The van der Waals surface area contributed by atoms with Crippen LogP contribution < -0.4 is 10.6 Å². The number of likely N-dealkylation sites (tertiary alicyclic amines) is 1. The number of amides is 1.